The van der Waals surface area contributed by atoms with Crippen LogP contribution in [0.3, 0.4) is 0 Å². The maximum Gasteiger partial charge on any atom is 0.332 e. The number of hydrogen-bond donors (Lipinski definition) is 2. The Morgan fingerprint density at radius 2 is 1.68 bits per heavy atom. The standard InChI is InChI=1S/C14H18N6O2/c1-19-12-9(13(21)20(2)14(19)22)10-11(17-18-12)16-8-6-4-3-5-7(8)15-10/h7-8,15H,3-6H2,1-2H3,(H,16,17). The van der Waals surface area contributed by atoms with Gasteiger partial charge in [-0.1, -0.05) is 12.8 Å². The smallest absolute Gasteiger partial charge is 0.332 e. The molecule has 0 aromatic carbocycles. The van der Waals surface area contributed by atoms with Gasteiger partial charge in [-0.15, -0.1) is 10.2 Å². The number of fused-ring (bicyclic) bond motifs is 4. The van der Waals surface area contributed by atoms with Crippen LogP contribution in [0.5, 0.6) is 0 Å². The molecule has 2 aliphatic rings. The summed E-state index contributed by atoms with van der Waals surface area (Å²) in [5.74, 6) is 0.603. The number of nitrogens with zero attached hydrogens (tertiary/aromatic N) is 4. The average Bonchev–Trinajstić information content (AvgIpc) is 2.55. The van der Waals surface area contributed by atoms with Crippen molar-refractivity contribution in [3.8, 4) is 0 Å². The van der Waals surface area contributed by atoms with E-state index >= 15 is 0 Å². The minimum absolute atomic E-state index is 0.288. The van der Waals surface area contributed by atoms with Gasteiger partial charge in [-0.25, -0.2) is 4.79 Å². The molecule has 0 bridgehead atoms. The van der Waals surface area contributed by atoms with Crippen molar-refractivity contribution in [2.75, 3.05) is 10.6 Å². The summed E-state index contributed by atoms with van der Waals surface area (Å²) in [6.07, 6.45) is 4.52. The Labute approximate surface area is 126 Å². The predicted octanol–water partition coefficient (Wildman–Crippen LogP) is 0.176. The highest BCUT2D eigenvalue weighted by atomic mass is 16.2. The zero-order valence-corrected chi connectivity index (χ0v) is 12.6. The molecule has 3 heterocycles. The van der Waals surface area contributed by atoms with Crippen LogP contribution in [0, 0.1) is 0 Å². The Morgan fingerprint density at radius 1 is 1.00 bits per heavy atom. The molecule has 2 aromatic rings. The number of hydrogen-bond acceptors (Lipinski definition) is 6. The molecule has 22 heavy (non-hydrogen) atoms. The second kappa shape index (κ2) is 4.56. The van der Waals surface area contributed by atoms with Gasteiger partial charge in [0.25, 0.3) is 5.56 Å². The monoisotopic (exact) mass is 302 g/mol. The molecular weight excluding hydrogens is 284 g/mol. The molecule has 1 saturated carbocycles. The average molecular weight is 302 g/mol. The molecule has 2 N–H and O–H groups in total. The lowest BCUT2D eigenvalue weighted by atomic mass is 9.88. The van der Waals surface area contributed by atoms with Crippen LogP contribution in [0.4, 0.5) is 11.5 Å². The number of anilines is 2. The van der Waals surface area contributed by atoms with Crippen molar-refractivity contribution >= 4 is 22.5 Å². The molecular formula is C14H18N6O2. The van der Waals surface area contributed by atoms with Crippen LogP contribution >= 0.6 is 0 Å². The first kappa shape index (κ1) is 13.3. The lowest BCUT2D eigenvalue weighted by Gasteiger charge is -2.38. The van der Waals surface area contributed by atoms with E-state index in [2.05, 4.69) is 20.8 Å². The first-order chi connectivity index (χ1) is 10.6. The summed E-state index contributed by atoms with van der Waals surface area (Å²) in [5, 5.41) is 15.6. The van der Waals surface area contributed by atoms with Crippen LogP contribution in [0.25, 0.3) is 11.0 Å². The van der Waals surface area contributed by atoms with E-state index in [4.69, 9.17) is 0 Å². The molecule has 4 rings (SSSR count). The molecule has 0 amide bonds. The van der Waals surface area contributed by atoms with E-state index in [1.54, 1.807) is 7.05 Å². The second-order valence-electron chi connectivity index (χ2n) is 6.11. The van der Waals surface area contributed by atoms with Crippen molar-refractivity contribution < 1.29 is 0 Å². The van der Waals surface area contributed by atoms with Gasteiger partial charge in [-0.3, -0.25) is 13.9 Å². The Morgan fingerprint density at radius 3 is 2.41 bits per heavy atom. The maximum atomic E-state index is 12.5. The normalized spacial score (nSPS) is 23.4. The Kier molecular flexibility index (Phi) is 2.75. The summed E-state index contributed by atoms with van der Waals surface area (Å²) in [7, 11) is 3.08. The Balaban J connectivity index is 2.01. The third-order valence-electron chi connectivity index (χ3n) is 4.78. The molecule has 0 radical (unpaired) electrons. The molecule has 1 fully saturated rings. The van der Waals surface area contributed by atoms with Crippen LogP contribution < -0.4 is 21.9 Å². The fourth-order valence-corrected chi connectivity index (χ4v) is 3.51. The van der Waals surface area contributed by atoms with Crippen molar-refractivity contribution in [2.24, 2.45) is 14.1 Å². The molecule has 0 saturated heterocycles. The lowest BCUT2D eigenvalue weighted by Crippen LogP contribution is -2.46. The van der Waals surface area contributed by atoms with Gasteiger partial charge in [0.1, 0.15) is 5.39 Å². The zero-order chi connectivity index (χ0) is 15.4. The van der Waals surface area contributed by atoms with E-state index in [-0.39, 0.29) is 11.6 Å². The van der Waals surface area contributed by atoms with Crippen molar-refractivity contribution in [1.82, 2.24) is 19.3 Å². The van der Waals surface area contributed by atoms with Gasteiger partial charge in [0.05, 0.1) is 5.69 Å². The third-order valence-corrected chi connectivity index (χ3v) is 4.78. The minimum atomic E-state index is -0.397. The third kappa shape index (κ3) is 1.69. The van der Waals surface area contributed by atoms with Crippen molar-refractivity contribution in [2.45, 2.75) is 37.8 Å². The van der Waals surface area contributed by atoms with Gasteiger partial charge in [-0.05, 0) is 12.8 Å². The SMILES string of the molecule is Cn1c(=O)c2c3c(nnc2n(C)c1=O)NC1CCCCC1N3. The number of rotatable bonds is 0. The first-order valence-electron chi connectivity index (χ1n) is 7.57. The highest BCUT2D eigenvalue weighted by molar-refractivity contribution is 5.94. The Hall–Kier alpha value is -2.38. The molecule has 8 nitrogen and oxygen atoms in total. The maximum absolute atomic E-state index is 12.5. The van der Waals surface area contributed by atoms with Gasteiger partial charge in [0.2, 0.25) is 0 Å². The van der Waals surface area contributed by atoms with Crippen LogP contribution in [-0.4, -0.2) is 31.4 Å². The van der Waals surface area contributed by atoms with E-state index in [9.17, 15) is 9.59 Å². The molecule has 8 heteroatoms. The molecule has 2 aromatic heterocycles. The summed E-state index contributed by atoms with van der Waals surface area (Å²) in [6, 6.07) is 0.611. The predicted molar refractivity (Wildman–Crippen MR) is 83.3 cm³/mol. The highest BCUT2D eigenvalue weighted by Crippen LogP contribution is 2.35. The van der Waals surface area contributed by atoms with Crippen LogP contribution in [-0.2, 0) is 14.1 Å². The van der Waals surface area contributed by atoms with E-state index in [0.29, 0.717) is 28.6 Å². The van der Waals surface area contributed by atoms with Crippen molar-refractivity contribution in [1.29, 1.82) is 0 Å². The number of nitrogens with one attached hydrogen (secondary N) is 2. The lowest BCUT2D eigenvalue weighted by molar-refractivity contribution is 0.417. The van der Waals surface area contributed by atoms with E-state index < -0.39 is 5.69 Å². The van der Waals surface area contributed by atoms with Crippen molar-refractivity contribution in [3.05, 3.63) is 20.8 Å². The molecule has 0 spiro atoms. The van der Waals surface area contributed by atoms with Crippen LogP contribution in [0.15, 0.2) is 9.59 Å². The quantitative estimate of drug-likeness (QED) is 0.721. The van der Waals surface area contributed by atoms with Crippen LogP contribution in [0.2, 0.25) is 0 Å². The summed E-state index contributed by atoms with van der Waals surface area (Å²) >= 11 is 0. The topological polar surface area (TPSA) is 93.8 Å². The van der Waals surface area contributed by atoms with Crippen LogP contribution in [0.1, 0.15) is 25.7 Å². The minimum Gasteiger partial charge on any atom is -0.376 e. The second-order valence-corrected chi connectivity index (χ2v) is 6.11. The largest absolute Gasteiger partial charge is 0.376 e. The van der Waals surface area contributed by atoms with Gasteiger partial charge < -0.3 is 10.6 Å². The molecule has 2 unspecified atom stereocenters. The van der Waals surface area contributed by atoms with E-state index in [1.165, 1.54) is 24.5 Å². The van der Waals surface area contributed by atoms with Gasteiger partial charge in [0, 0.05) is 26.2 Å². The molecule has 1 aliphatic carbocycles. The number of aryl methyl sites for hydroxylation is 1. The zero-order valence-electron chi connectivity index (χ0n) is 12.6. The Bertz CT molecular complexity index is 884. The summed E-state index contributed by atoms with van der Waals surface area (Å²) < 4.78 is 2.47. The first-order valence-corrected chi connectivity index (χ1v) is 7.57. The summed E-state index contributed by atoms with van der Waals surface area (Å²) in [4.78, 5) is 24.6. The summed E-state index contributed by atoms with van der Waals surface area (Å²) in [6.45, 7) is 0. The fourth-order valence-electron chi connectivity index (χ4n) is 3.51. The van der Waals surface area contributed by atoms with Crippen molar-refractivity contribution in [3.63, 3.8) is 0 Å². The van der Waals surface area contributed by atoms with Gasteiger partial charge in [0.15, 0.2) is 11.5 Å². The molecule has 116 valence electrons. The highest BCUT2D eigenvalue weighted by Gasteiger charge is 2.32. The van der Waals surface area contributed by atoms with Gasteiger partial charge >= 0.3 is 5.69 Å². The summed E-state index contributed by atoms with van der Waals surface area (Å²) in [5.41, 5.74) is 0.249. The molecule has 2 atom stereocenters. The van der Waals surface area contributed by atoms with E-state index in [1.807, 2.05) is 0 Å². The number of aromatic nitrogens is 4. The molecule has 1 aliphatic heterocycles. The van der Waals surface area contributed by atoms with Gasteiger partial charge in [-0.2, -0.15) is 0 Å². The van der Waals surface area contributed by atoms with E-state index in [0.717, 1.165) is 17.4 Å². The fraction of sp³-hybridized carbons (Fsp3) is 0.571.